The van der Waals surface area contributed by atoms with Gasteiger partial charge in [-0.2, -0.15) is 4.39 Å². The number of anilines is 1. The van der Waals surface area contributed by atoms with E-state index in [0.29, 0.717) is 17.7 Å². The molecule has 0 radical (unpaired) electrons. The molecule has 8 heteroatoms. The minimum Gasteiger partial charge on any atom is -0.320 e. The summed E-state index contributed by atoms with van der Waals surface area (Å²) < 4.78 is 27.5. The molecule has 0 saturated heterocycles. The van der Waals surface area contributed by atoms with Crippen LogP contribution in [0.3, 0.4) is 0 Å². The zero-order valence-electron chi connectivity index (χ0n) is 10.8. The van der Waals surface area contributed by atoms with Gasteiger partial charge in [0.15, 0.2) is 0 Å². The molecule has 2 aromatic rings. The van der Waals surface area contributed by atoms with Gasteiger partial charge in [-0.1, -0.05) is 0 Å². The number of nitro groups is 1. The number of amides is 1. The molecule has 2 rings (SSSR count). The van der Waals surface area contributed by atoms with Crippen molar-refractivity contribution in [3.8, 4) is 0 Å². The fourth-order valence-electron chi connectivity index (χ4n) is 1.67. The SMILES string of the molecule is Cc1ccncc1NC(=O)c1c(F)ccc([N+](=O)[O-])c1F. The molecule has 1 aromatic carbocycles. The van der Waals surface area contributed by atoms with E-state index >= 15 is 0 Å². The van der Waals surface area contributed by atoms with Gasteiger partial charge in [0, 0.05) is 12.3 Å². The number of benzene rings is 1. The molecule has 0 unspecified atom stereocenters. The first-order valence-electron chi connectivity index (χ1n) is 5.76. The summed E-state index contributed by atoms with van der Waals surface area (Å²) in [5, 5.41) is 12.9. The molecule has 0 aliphatic rings. The molecule has 0 fully saturated rings. The molecule has 6 nitrogen and oxygen atoms in total. The normalized spacial score (nSPS) is 10.2. The number of hydrogen-bond donors (Lipinski definition) is 1. The predicted octanol–water partition coefficient (Wildman–Crippen LogP) is 2.83. The second kappa shape index (κ2) is 5.61. The number of nitrogens with one attached hydrogen (secondary N) is 1. The maximum Gasteiger partial charge on any atom is 0.305 e. The van der Waals surface area contributed by atoms with Crippen molar-refractivity contribution in [2.24, 2.45) is 0 Å². The Labute approximate surface area is 117 Å². The monoisotopic (exact) mass is 293 g/mol. The van der Waals surface area contributed by atoms with Crippen LogP contribution in [0.5, 0.6) is 0 Å². The van der Waals surface area contributed by atoms with Gasteiger partial charge >= 0.3 is 5.69 Å². The van der Waals surface area contributed by atoms with Crippen LogP contribution in [0.4, 0.5) is 20.2 Å². The molecule has 1 heterocycles. The fourth-order valence-corrected chi connectivity index (χ4v) is 1.67. The second-order valence-electron chi connectivity index (χ2n) is 4.16. The van der Waals surface area contributed by atoms with Crippen molar-refractivity contribution in [3.63, 3.8) is 0 Å². The Balaban J connectivity index is 2.42. The summed E-state index contributed by atoms with van der Waals surface area (Å²) in [7, 11) is 0. The fraction of sp³-hybridized carbons (Fsp3) is 0.0769. The number of pyridine rings is 1. The lowest BCUT2D eigenvalue weighted by Crippen LogP contribution is -2.17. The lowest BCUT2D eigenvalue weighted by molar-refractivity contribution is -0.387. The number of nitro benzene ring substituents is 1. The van der Waals surface area contributed by atoms with Crippen LogP contribution in [0.25, 0.3) is 0 Å². The van der Waals surface area contributed by atoms with E-state index in [-0.39, 0.29) is 5.69 Å². The van der Waals surface area contributed by atoms with E-state index in [1.807, 2.05) is 0 Å². The first kappa shape index (κ1) is 14.5. The van der Waals surface area contributed by atoms with Gasteiger partial charge in [-0.3, -0.25) is 19.9 Å². The number of carbonyl (C=O) groups is 1. The number of nitrogens with zero attached hydrogens (tertiary/aromatic N) is 2. The van der Waals surface area contributed by atoms with Crippen LogP contribution in [0, 0.1) is 28.7 Å². The topological polar surface area (TPSA) is 85.1 Å². The summed E-state index contributed by atoms with van der Waals surface area (Å²) in [6.45, 7) is 1.66. The minimum absolute atomic E-state index is 0.257. The molecule has 21 heavy (non-hydrogen) atoms. The van der Waals surface area contributed by atoms with Crippen LogP contribution in [-0.2, 0) is 0 Å². The average molecular weight is 293 g/mol. The highest BCUT2D eigenvalue weighted by Crippen LogP contribution is 2.24. The van der Waals surface area contributed by atoms with Gasteiger partial charge < -0.3 is 5.32 Å². The van der Waals surface area contributed by atoms with Crippen molar-refractivity contribution in [1.82, 2.24) is 4.98 Å². The molecule has 0 aliphatic heterocycles. The van der Waals surface area contributed by atoms with Crippen molar-refractivity contribution >= 4 is 17.3 Å². The number of aryl methyl sites for hydroxylation is 1. The number of carbonyl (C=O) groups excluding carboxylic acids is 1. The van der Waals surface area contributed by atoms with E-state index in [1.54, 1.807) is 13.0 Å². The Kier molecular flexibility index (Phi) is 3.88. The minimum atomic E-state index is -1.51. The van der Waals surface area contributed by atoms with Gasteiger partial charge in [0.1, 0.15) is 11.4 Å². The lowest BCUT2D eigenvalue weighted by atomic mass is 10.1. The highest BCUT2D eigenvalue weighted by atomic mass is 19.1. The van der Waals surface area contributed by atoms with E-state index in [0.717, 1.165) is 0 Å². The maximum atomic E-state index is 13.9. The third-order valence-electron chi connectivity index (χ3n) is 2.78. The molecule has 0 bridgehead atoms. The lowest BCUT2D eigenvalue weighted by Gasteiger charge is -2.09. The Morgan fingerprint density at radius 3 is 2.67 bits per heavy atom. The third-order valence-corrected chi connectivity index (χ3v) is 2.78. The average Bonchev–Trinajstić information content (AvgIpc) is 2.41. The van der Waals surface area contributed by atoms with Gasteiger partial charge in [0.05, 0.1) is 16.8 Å². The van der Waals surface area contributed by atoms with Crippen molar-refractivity contribution < 1.29 is 18.5 Å². The van der Waals surface area contributed by atoms with E-state index < -0.39 is 33.7 Å². The Morgan fingerprint density at radius 2 is 2.05 bits per heavy atom. The summed E-state index contributed by atoms with van der Waals surface area (Å²) in [5.74, 6) is -3.82. The van der Waals surface area contributed by atoms with Gasteiger partial charge in [0.25, 0.3) is 5.91 Å². The zero-order valence-corrected chi connectivity index (χ0v) is 10.8. The molecule has 0 atom stereocenters. The van der Waals surface area contributed by atoms with Crippen LogP contribution in [0.15, 0.2) is 30.6 Å². The summed E-state index contributed by atoms with van der Waals surface area (Å²) in [6.07, 6.45) is 2.79. The largest absolute Gasteiger partial charge is 0.320 e. The van der Waals surface area contributed by atoms with Crippen LogP contribution in [0.1, 0.15) is 15.9 Å². The second-order valence-corrected chi connectivity index (χ2v) is 4.16. The molecule has 108 valence electrons. The van der Waals surface area contributed by atoms with Crippen molar-refractivity contribution in [3.05, 3.63) is 63.5 Å². The third kappa shape index (κ3) is 2.83. The summed E-state index contributed by atoms with van der Waals surface area (Å²) >= 11 is 0. The standard InChI is InChI=1S/C13H9F2N3O3/c1-7-4-5-16-6-9(7)17-13(19)11-8(14)2-3-10(12(11)15)18(20)21/h2-6H,1H3,(H,17,19). The molecule has 0 spiro atoms. The van der Waals surface area contributed by atoms with Crippen LogP contribution < -0.4 is 5.32 Å². The van der Waals surface area contributed by atoms with Crippen molar-refractivity contribution in [1.29, 1.82) is 0 Å². The van der Waals surface area contributed by atoms with Crippen LogP contribution in [0.2, 0.25) is 0 Å². The van der Waals surface area contributed by atoms with E-state index in [4.69, 9.17) is 0 Å². The maximum absolute atomic E-state index is 13.9. The summed E-state index contributed by atoms with van der Waals surface area (Å²) in [4.78, 5) is 25.3. The van der Waals surface area contributed by atoms with Crippen molar-refractivity contribution in [2.75, 3.05) is 5.32 Å². The zero-order chi connectivity index (χ0) is 15.6. The Hall–Kier alpha value is -2.90. The first-order chi connectivity index (χ1) is 9.91. The molecule has 0 saturated carbocycles. The van der Waals surface area contributed by atoms with E-state index in [9.17, 15) is 23.7 Å². The summed E-state index contributed by atoms with van der Waals surface area (Å²) in [6, 6.07) is 2.93. The van der Waals surface area contributed by atoms with E-state index in [1.165, 1.54) is 12.4 Å². The summed E-state index contributed by atoms with van der Waals surface area (Å²) in [5.41, 5.74) is -1.09. The Morgan fingerprint density at radius 1 is 1.33 bits per heavy atom. The van der Waals surface area contributed by atoms with Crippen molar-refractivity contribution in [2.45, 2.75) is 6.92 Å². The van der Waals surface area contributed by atoms with Gasteiger partial charge in [-0.05, 0) is 24.6 Å². The molecular formula is C13H9F2N3O3. The predicted molar refractivity (Wildman–Crippen MR) is 69.9 cm³/mol. The first-order valence-corrected chi connectivity index (χ1v) is 5.76. The molecule has 0 aliphatic carbocycles. The Bertz CT molecular complexity index is 735. The number of halogens is 2. The van der Waals surface area contributed by atoms with Crippen LogP contribution in [-0.4, -0.2) is 15.8 Å². The molecule has 1 amide bonds. The van der Waals surface area contributed by atoms with Gasteiger partial charge in [-0.25, -0.2) is 4.39 Å². The van der Waals surface area contributed by atoms with Gasteiger partial charge in [0.2, 0.25) is 5.82 Å². The smallest absolute Gasteiger partial charge is 0.305 e. The highest BCUT2D eigenvalue weighted by molar-refractivity contribution is 6.05. The van der Waals surface area contributed by atoms with Crippen LogP contribution >= 0.6 is 0 Å². The van der Waals surface area contributed by atoms with Gasteiger partial charge in [-0.15, -0.1) is 0 Å². The van der Waals surface area contributed by atoms with E-state index in [2.05, 4.69) is 10.3 Å². The number of rotatable bonds is 3. The number of aromatic nitrogens is 1. The number of hydrogen-bond acceptors (Lipinski definition) is 4. The quantitative estimate of drug-likeness (QED) is 0.696. The highest BCUT2D eigenvalue weighted by Gasteiger charge is 2.26. The molecule has 1 N–H and O–H groups in total. The molecule has 1 aromatic heterocycles. The molecular weight excluding hydrogens is 284 g/mol.